The van der Waals surface area contributed by atoms with Crippen molar-refractivity contribution in [2.45, 2.75) is 10.9 Å². The molecule has 1 atom stereocenters. The lowest BCUT2D eigenvalue weighted by Gasteiger charge is -2.18. The van der Waals surface area contributed by atoms with E-state index in [0.29, 0.717) is 10.6 Å². The van der Waals surface area contributed by atoms with Gasteiger partial charge >= 0.3 is 0 Å². The van der Waals surface area contributed by atoms with Gasteiger partial charge in [0.25, 0.3) is 0 Å². The Bertz CT molecular complexity index is 708. The minimum absolute atomic E-state index is 0.0499. The molecule has 1 heterocycles. The van der Waals surface area contributed by atoms with Crippen molar-refractivity contribution in [2.75, 3.05) is 7.11 Å². The highest BCUT2D eigenvalue weighted by Crippen LogP contribution is 2.22. The van der Waals surface area contributed by atoms with Crippen molar-refractivity contribution in [1.29, 1.82) is 0 Å². The fourth-order valence-corrected chi connectivity index (χ4v) is 3.66. The van der Waals surface area contributed by atoms with Crippen molar-refractivity contribution in [3.05, 3.63) is 46.7 Å². The van der Waals surface area contributed by atoms with Crippen molar-refractivity contribution in [3.8, 4) is 5.75 Å². The van der Waals surface area contributed by atoms with Crippen LogP contribution in [0.3, 0.4) is 0 Å². The van der Waals surface area contributed by atoms with Crippen LogP contribution in [0.4, 0.5) is 0 Å². The van der Waals surface area contributed by atoms with E-state index in [-0.39, 0.29) is 4.90 Å². The van der Waals surface area contributed by atoms with Crippen LogP contribution in [0, 0.1) is 0 Å². The average molecular weight is 326 g/mol. The van der Waals surface area contributed by atoms with Gasteiger partial charge in [0, 0.05) is 4.88 Å². The molecule has 0 saturated heterocycles. The molecule has 0 unspecified atom stereocenters. The predicted molar refractivity (Wildman–Crippen MR) is 75.4 cm³/mol. The molecule has 0 spiro atoms. The van der Waals surface area contributed by atoms with Gasteiger partial charge in [-0.2, -0.15) is 4.72 Å². The minimum atomic E-state index is -3.98. The smallest absolute Gasteiger partial charge is 0.241 e. The summed E-state index contributed by atoms with van der Waals surface area (Å²) in [6.45, 7) is 0. The third-order valence-corrected chi connectivity index (χ3v) is 5.08. The first-order valence-electron chi connectivity index (χ1n) is 5.84. The van der Waals surface area contributed by atoms with Crippen LogP contribution in [0.5, 0.6) is 5.75 Å². The van der Waals surface area contributed by atoms with Crippen LogP contribution in [0.2, 0.25) is 0 Å². The molecule has 21 heavy (non-hydrogen) atoms. The van der Waals surface area contributed by atoms with Crippen LogP contribution in [-0.4, -0.2) is 21.5 Å². The number of hydrogen-bond donors (Lipinski definition) is 1. The Kier molecular flexibility index (Phi) is 4.61. The van der Waals surface area contributed by atoms with E-state index >= 15 is 0 Å². The van der Waals surface area contributed by atoms with Crippen molar-refractivity contribution in [2.24, 2.45) is 0 Å². The topological polar surface area (TPSA) is 95.5 Å². The van der Waals surface area contributed by atoms with Crippen LogP contribution in [0.15, 0.2) is 46.7 Å². The van der Waals surface area contributed by atoms with Crippen molar-refractivity contribution >= 4 is 27.3 Å². The van der Waals surface area contributed by atoms with E-state index in [1.54, 1.807) is 11.4 Å². The van der Waals surface area contributed by atoms with Gasteiger partial charge in [-0.1, -0.05) is 6.07 Å². The Morgan fingerprint density at radius 1 is 1.29 bits per heavy atom. The maximum absolute atomic E-state index is 12.2. The summed E-state index contributed by atoms with van der Waals surface area (Å²) < 4.78 is 31.5. The zero-order chi connectivity index (χ0) is 15.5. The SMILES string of the molecule is COc1ccc(S(=O)(=O)N[C@@H](C(=O)[O-])c2cccs2)cc1. The number of sulfonamides is 1. The number of carboxylic acid groups (broad SMARTS) is 1. The van der Waals surface area contributed by atoms with Crippen LogP contribution < -0.4 is 14.6 Å². The molecule has 0 radical (unpaired) electrons. The third-order valence-electron chi connectivity index (χ3n) is 2.71. The monoisotopic (exact) mass is 326 g/mol. The molecule has 1 aromatic heterocycles. The molecule has 0 aliphatic heterocycles. The number of hydrogen-bond acceptors (Lipinski definition) is 6. The molecule has 0 saturated carbocycles. The Hall–Kier alpha value is -1.90. The Balaban J connectivity index is 2.28. The van der Waals surface area contributed by atoms with Crippen molar-refractivity contribution in [3.63, 3.8) is 0 Å². The first-order chi connectivity index (χ1) is 9.94. The quantitative estimate of drug-likeness (QED) is 0.835. The largest absolute Gasteiger partial charge is 0.548 e. The molecule has 1 aromatic carbocycles. The van der Waals surface area contributed by atoms with Crippen LogP contribution in [0.25, 0.3) is 0 Å². The number of ether oxygens (including phenoxy) is 1. The molecule has 0 amide bonds. The van der Waals surface area contributed by atoms with Gasteiger partial charge in [0.15, 0.2) is 0 Å². The zero-order valence-electron chi connectivity index (χ0n) is 11.0. The van der Waals surface area contributed by atoms with E-state index in [0.717, 1.165) is 11.3 Å². The summed E-state index contributed by atoms with van der Waals surface area (Å²) in [5, 5.41) is 12.8. The van der Waals surface area contributed by atoms with Gasteiger partial charge in [0.1, 0.15) is 5.75 Å². The molecular formula is C13H12NO5S2-. The number of nitrogens with one attached hydrogen (secondary N) is 1. The molecule has 8 heteroatoms. The lowest BCUT2D eigenvalue weighted by Crippen LogP contribution is -2.40. The highest BCUT2D eigenvalue weighted by atomic mass is 32.2. The Morgan fingerprint density at radius 3 is 2.43 bits per heavy atom. The summed E-state index contributed by atoms with van der Waals surface area (Å²) in [7, 11) is -2.51. The zero-order valence-corrected chi connectivity index (χ0v) is 12.6. The highest BCUT2D eigenvalue weighted by Gasteiger charge is 2.23. The van der Waals surface area contributed by atoms with E-state index in [1.165, 1.54) is 37.4 Å². The molecule has 0 fully saturated rings. The number of carboxylic acids is 1. The molecule has 2 rings (SSSR count). The number of methoxy groups -OCH3 is 1. The third kappa shape index (κ3) is 3.60. The number of carbonyl (C=O) groups excluding carboxylic acids is 1. The van der Waals surface area contributed by atoms with E-state index in [2.05, 4.69) is 4.72 Å². The number of rotatable bonds is 6. The summed E-state index contributed by atoms with van der Waals surface area (Å²) in [5.41, 5.74) is 0. The van der Waals surface area contributed by atoms with Crippen LogP contribution in [-0.2, 0) is 14.8 Å². The number of carbonyl (C=O) groups is 1. The van der Waals surface area contributed by atoms with E-state index < -0.39 is 22.0 Å². The van der Waals surface area contributed by atoms with Gasteiger partial charge in [0.2, 0.25) is 10.0 Å². The Labute approximate surface area is 126 Å². The van der Waals surface area contributed by atoms with E-state index in [9.17, 15) is 18.3 Å². The number of aliphatic carboxylic acids is 1. The normalized spacial score (nSPS) is 12.8. The second kappa shape index (κ2) is 6.25. The van der Waals surface area contributed by atoms with Gasteiger partial charge in [-0.15, -0.1) is 11.3 Å². The summed E-state index contributed by atoms with van der Waals surface area (Å²) in [5.74, 6) is -1.00. The summed E-state index contributed by atoms with van der Waals surface area (Å²) >= 11 is 1.13. The van der Waals surface area contributed by atoms with Crippen LogP contribution >= 0.6 is 11.3 Å². The molecule has 0 aliphatic carbocycles. The minimum Gasteiger partial charge on any atom is -0.548 e. The average Bonchev–Trinajstić information content (AvgIpc) is 2.98. The van der Waals surface area contributed by atoms with E-state index in [1.807, 2.05) is 0 Å². The van der Waals surface area contributed by atoms with Gasteiger partial charge in [0.05, 0.1) is 24.0 Å². The highest BCUT2D eigenvalue weighted by molar-refractivity contribution is 7.89. The first kappa shape index (κ1) is 15.5. The summed E-state index contributed by atoms with van der Waals surface area (Å²) in [6.07, 6.45) is 0. The Morgan fingerprint density at radius 2 is 1.95 bits per heavy atom. The lowest BCUT2D eigenvalue weighted by molar-refractivity contribution is -0.308. The fourth-order valence-electron chi connectivity index (χ4n) is 1.66. The molecular weight excluding hydrogens is 314 g/mol. The summed E-state index contributed by atoms with van der Waals surface area (Å²) in [4.78, 5) is 11.5. The van der Waals surface area contributed by atoms with Gasteiger partial charge < -0.3 is 14.6 Å². The second-order valence-corrected chi connectivity index (χ2v) is 6.76. The predicted octanol–water partition coefficient (Wildman–Crippen LogP) is 0.526. The van der Waals surface area contributed by atoms with E-state index in [4.69, 9.17) is 4.74 Å². The molecule has 6 nitrogen and oxygen atoms in total. The van der Waals surface area contributed by atoms with Gasteiger partial charge in [-0.3, -0.25) is 0 Å². The number of thiophene rings is 1. The molecule has 0 aliphatic rings. The maximum Gasteiger partial charge on any atom is 0.241 e. The van der Waals surface area contributed by atoms with Gasteiger partial charge in [-0.05, 0) is 35.7 Å². The molecule has 112 valence electrons. The molecule has 2 aromatic rings. The van der Waals surface area contributed by atoms with Gasteiger partial charge in [-0.25, -0.2) is 8.42 Å². The van der Waals surface area contributed by atoms with Crippen LogP contribution in [0.1, 0.15) is 10.9 Å². The molecule has 0 bridgehead atoms. The standard InChI is InChI=1S/C13H13NO5S2/c1-19-9-4-6-10(7-5-9)21(17,18)14-12(13(15)16)11-3-2-8-20-11/h2-8,12,14H,1H3,(H,15,16)/p-1/t12-/m1/s1. The first-order valence-corrected chi connectivity index (χ1v) is 8.21. The van der Waals surface area contributed by atoms with Crippen molar-refractivity contribution < 1.29 is 23.1 Å². The number of benzene rings is 1. The van der Waals surface area contributed by atoms with Crippen molar-refractivity contribution in [1.82, 2.24) is 4.72 Å². The summed E-state index contributed by atoms with van der Waals surface area (Å²) in [6, 6.07) is 7.38. The maximum atomic E-state index is 12.2. The lowest BCUT2D eigenvalue weighted by atomic mass is 10.3. The molecule has 1 N–H and O–H groups in total. The second-order valence-electron chi connectivity index (χ2n) is 4.06. The fraction of sp³-hybridized carbons (Fsp3) is 0.154.